The first kappa shape index (κ1) is 32.3. The zero-order valence-corrected chi connectivity index (χ0v) is 25.2. The van der Waals surface area contributed by atoms with Crippen LogP contribution in [0.25, 0.3) is 21.5 Å². The molecular formula is C27H26N8O9S2. The van der Waals surface area contributed by atoms with Gasteiger partial charge in [0, 0.05) is 24.2 Å². The second-order valence-electron chi connectivity index (χ2n) is 9.58. The van der Waals surface area contributed by atoms with Gasteiger partial charge in [-0.3, -0.25) is 9.11 Å². The molecule has 17 nitrogen and oxygen atoms in total. The number of fused-ring (bicyclic) bond motifs is 2. The topological polar surface area (TPSA) is 269 Å². The molecule has 0 aliphatic rings. The second-order valence-corrected chi connectivity index (χ2v) is 12.4. The predicted octanol–water partition coefficient (Wildman–Crippen LogP) is 3.34. The minimum atomic E-state index is -4.93. The predicted molar refractivity (Wildman–Crippen MR) is 168 cm³/mol. The van der Waals surface area contributed by atoms with E-state index in [1.165, 1.54) is 48.5 Å². The highest BCUT2D eigenvalue weighted by Gasteiger charge is 2.22. The van der Waals surface area contributed by atoms with Crippen molar-refractivity contribution in [1.82, 2.24) is 15.0 Å². The number of hydrogen-bond donors (Lipinski definition) is 8. The SMILES string of the molecule is O=S(=O)(O)c1ccc2ccc(/N=N/c3c(S(=O)(=O)O)cc4cc(Nc5nc(NCCO)nc(NCCO)n5)ccc4c3O)cc2c1. The molecule has 0 radical (unpaired) electrons. The smallest absolute Gasteiger partial charge is 0.296 e. The van der Waals surface area contributed by atoms with E-state index in [9.17, 15) is 31.0 Å². The molecule has 46 heavy (non-hydrogen) atoms. The van der Waals surface area contributed by atoms with Crippen LogP contribution in [0.5, 0.6) is 5.75 Å². The number of aliphatic hydroxyl groups is 2. The van der Waals surface area contributed by atoms with Crippen LogP contribution in [0.1, 0.15) is 0 Å². The molecule has 240 valence electrons. The number of aromatic hydroxyl groups is 1. The standard InChI is InChI=1S/C27H26N8O9S2/c36-9-7-28-25-31-26(29-8-10-37)33-27(32-25)30-18-4-6-21-17(12-18)14-22(46(42,43)44)23(24(21)38)35-34-19-3-1-15-2-5-20(45(39,40)41)13-16(15)11-19/h1-6,11-14,36-38H,7-10H2,(H,39,40,41)(H,42,43,44)(H3,28,29,30,31,32,33)/b35-34+. The van der Waals surface area contributed by atoms with Crippen molar-refractivity contribution in [2.75, 3.05) is 42.3 Å². The van der Waals surface area contributed by atoms with Crippen molar-refractivity contribution in [3.05, 3.63) is 60.7 Å². The van der Waals surface area contributed by atoms with Gasteiger partial charge in [-0.1, -0.05) is 12.1 Å². The lowest BCUT2D eigenvalue weighted by Gasteiger charge is -2.12. The molecule has 0 amide bonds. The molecule has 8 N–H and O–H groups in total. The number of benzene rings is 4. The fourth-order valence-electron chi connectivity index (χ4n) is 4.32. The Kier molecular flexibility index (Phi) is 9.23. The van der Waals surface area contributed by atoms with Gasteiger partial charge < -0.3 is 31.3 Å². The number of rotatable bonds is 12. The van der Waals surface area contributed by atoms with Crippen LogP contribution in [0.2, 0.25) is 0 Å². The summed E-state index contributed by atoms with van der Waals surface area (Å²) in [5.41, 5.74) is -0.0343. The molecule has 0 aliphatic carbocycles. The average Bonchev–Trinajstić information content (AvgIpc) is 3.00. The summed E-state index contributed by atoms with van der Waals surface area (Å²) in [5.74, 6) is -0.293. The Morgan fingerprint density at radius 3 is 1.96 bits per heavy atom. The minimum absolute atomic E-state index is 0.0546. The van der Waals surface area contributed by atoms with Gasteiger partial charge in [0.05, 0.1) is 23.8 Å². The van der Waals surface area contributed by atoms with Crippen molar-refractivity contribution in [3.8, 4) is 5.75 Å². The zero-order chi connectivity index (χ0) is 33.1. The quantitative estimate of drug-likeness (QED) is 0.0698. The molecule has 5 rings (SSSR count). The lowest BCUT2D eigenvalue weighted by Crippen LogP contribution is -2.14. The summed E-state index contributed by atoms with van der Waals surface area (Å²) in [6.45, 7) is -0.0439. The molecule has 0 saturated heterocycles. The van der Waals surface area contributed by atoms with Crippen LogP contribution in [-0.2, 0) is 20.2 Å². The largest absolute Gasteiger partial charge is 0.505 e. The third kappa shape index (κ3) is 7.42. The number of nitrogens with one attached hydrogen (secondary N) is 3. The van der Waals surface area contributed by atoms with Crippen LogP contribution in [-0.4, -0.2) is 82.5 Å². The Morgan fingerprint density at radius 2 is 1.33 bits per heavy atom. The summed E-state index contributed by atoms with van der Waals surface area (Å²) in [5, 5.41) is 47.1. The van der Waals surface area contributed by atoms with Crippen molar-refractivity contribution < 1.29 is 41.3 Å². The van der Waals surface area contributed by atoms with Gasteiger partial charge in [-0.05, 0) is 64.7 Å². The van der Waals surface area contributed by atoms with Gasteiger partial charge >= 0.3 is 0 Å². The number of phenols is 1. The second kappa shape index (κ2) is 13.1. The molecule has 0 saturated carbocycles. The number of nitrogens with zero attached hydrogens (tertiary/aromatic N) is 5. The number of azo groups is 1. The van der Waals surface area contributed by atoms with Crippen LogP contribution in [0, 0.1) is 0 Å². The van der Waals surface area contributed by atoms with Crippen molar-refractivity contribution in [3.63, 3.8) is 0 Å². The highest BCUT2D eigenvalue weighted by atomic mass is 32.2. The number of aliphatic hydroxyl groups excluding tert-OH is 2. The first-order valence-electron chi connectivity index (χ1n) is 13.3. The van der Waals surface area contributed by atoms with Crippen molar-refractivity contribution in [1.29, 1.82) is 0 Å². The maximum atomic E-state index is 12.4. The van der Waals surface area contributed by atoms with E-state index in [1.807, 2.05) is 0 Å². The van der Waals surface area contributed by atoms with E-state index in [-0.39, 0.29) is 65.5 Å². The monoisotopic (exact) mass is 670 g/mol. The van der Waals surface area contributed by atoms with E-state index >= 15 is 0 Å². The molecule has 0 unspecified atom stereocenters. The molecule has 0 fully saturated rings. The summed E-state index contributed by atoms with van der Waals surface area (Å²) in [7, 11) is -9.39. The third-order valence-electron chi connectivity index (χ3n) is 6.37. The Labute approximate surface area is 261 Å². The molecular weight excluding hydrogens is 644 g/mol. The van der Waals surface area contributed by atoms with Gasteiger partial charge in [0.1, 0.15) is 10.6 Å². The van der Waals surface area contributed by atoms with Crippen LogP contribution in [0.15, 0.2) is 80.7 Å². The first-order valence-corrected chi connectivity index (χ1v) is 16.2. The summed E-state index contributed by atoms with van der Waals surface area (Å²) in [6, 6.07) is 14.0. The van der Waals surface area contributed by atoms with Gasteiger partial charge in [-0.25, -0.2) is 0 Å². The van der Waals surface area contributed by atoms with Crippen LogP contribution in [0.3, 0.4) is 0 Å². The maximum Gasteiger partial charge on any atom is 0.296 e. The highest BCUT2D eigenvalue weighted by Crippen LogP contribution is 2.42. The van der Waals surface area contributed by atoms with Gasteiger partial charge in [0.15, 0.2) is 5.75 Å². The van der Waals surface area contributed by atoms with E-state index in [4.69, 9.17) is 10.2 Å². The van der Waals surface area contributed by atoms with Crippen molar-refractivity contribution in [2.24, 2.45) is 10.2 Å². The number of phenolic OH excluding ortho intramolecular Hbond substituents is 1. The van der Waals surface area contributed by atoms with Crippen LogP contribution >= 0.6 is 0 Å². The van der Waals surface area contributed by atoms with Crippen LogP contribution in [0.4, 0.5) is 34.9 Å². The van der Waals surface area contributed by atoms with Crippen molar-refractivity contribution in [2.45, 2.75) is 9.79 Å². The van der Waals surface area contributed by atoms with Crippen molar-refractivity contribution >= 4 is 76.7 Å². The highest BCUT2D eigenvalue weighted by molar-refractivity contribution is 7.86. The zero-order valence-electron chi connectivity index (χ0n) is 23.5. The van der Waals surface area contributed by atoms with E-state index in [1.54, 1.807) is 6.07 Å². The Hall–Kier alpha value is -5.05. The van der Waals surface area contributed by atoms with Gasteiger partial charge in [0.25, 0.3) is 20.2 Å². The Bertz CT molecular complexity index is 2170. The fraction of sp³-hybridized carbons (Fsp3) is 0.148. The normalized spacial score (nSPS) is 12.2. The van der Waals surface area contributed by atoms with E-state index in [0.717, 1.165) is 6.07 Å². The average molecular weight is 671 g/mol. The lowest BCUT2D eigenvalue weighted by molar-refractivity contribution is 0.310. The van der Waals surface area contributed by atoms with Gasteiger partial charge in [0.2, 0.25) is 17.8 Å². The van der Waals surface area contributed by atoms with Gasteiger partial charge in [-0.15, -0.1) is 5.11 Å². The minimum Gasteiger partial charge on any atom is -0.505 e. The first-order chi connectivity index (χ1) is 21.9. The molecule has 19 heteroatoms. The fourth-order valence-corrected chi connectivity index (χ4v) is 5.49. The Balaban J connectivity index is 1.51. The Morgan fingerprint density at radius 1 is 0.674 bits per heavy atom. The number of aromatic nitrogens is 3. The molecule has 1 aromatic heterocycles. The summed E-state index contributed by atoms with van der Waals surface area (Å²) in [6.07, 6.45) is 0. The van der Waals surface area contributed by atoms with E-state index in [0.29, 0.717) is 16.5 Å². The van der Waals surface area contributed by atoms with Crippen LogP contribution < -0.4 is 16.0 Å². The molecule has 0 atom stereocenters. The summed E-state index contributed by atoms with van der Waals surface area (Å²) in [4.78, 5) is 11.5. The number of anilines is 4. The molecule has 1 heterocycles. The summed E-state index contributed by atoms with van der Waals surface area (Å²) < 4.78 is 67.1. The molecule has 4 aromatic carbocycles. The summed E-state index contributed by atoms with van der Waals surface area (Å²) >= 11 is 0. The third-order valence-corrected chi connectivity index (χ3v) is 8.09. The van der Waals surface area contributed by atoms with E-state index in [2.05, 4.69) is 41.1 Å². The lowest BCUT2D eigenvalue weighted by atomic mass is 10.1. The van der Waals surface area contributed by atoms with E-state index < -0.39 is 36.6 Å². The molecule has 0 bridgehead atoms. The van der Waals surface area contributed by atoms with Gasteiger partial charge in [-0.2, -0.15) is 36.9 Å². The molecule has 5 aromatic rings. The number of hydrogen-bond acceptors (Lipinski definition) is 15. The maximum absolute atomic E-state index is 12.4. The molecule has 0 aliphatic heterocycles. The molecule has 0 spiro atoms.